The van der Waals surface area contributed by atoms with Crippen molar-refractivity contribution < 1.29 is 4.74 Å². The minimum atomic E-state index is 0.561. The second-order valence-electron chi connectivity index (χ2n) is 4.21. The fraction of sp³-hybridized carbons (Fsp3) is 0.900. The van der Waals surface area contributed by atoms with Crippen LogP contribution in [-0.2, 0) is 4.74 Å². The van der Waals surface area contributed by atoms with Gasteiger partial charge in [-0.2, -0.15) is 5.26 Å². The molecule has 2 fully saturated rings. The van der Waals surface area contributed by atoms with Gasteiger partial charge in [-0.25, -0.2) is 0 Å². The minimum Gasteiger partial charge on any atom is -0.378 e. The van der Waals surface area contributed by atoms with E-state index in [9.17, 15) is 0 Å². The van der Waals surface area contributed by atoms with E-state index in [4.69, 9.17) is 10.00 Å². The highest BCUT2D eigenvalue weighted by Crippen LogP contribution is 2.31. The molecule has 2 heterocycles. The lowest BCUT2D eigenvalue weighted by atomic mass is 9.84. The maximum atomic E-state index is 8.65. The van der Waals surface area contributed by atoms with Crippen LogP contribution in [0.15, 0.2) is 0 Å². The highest BCUT2D eigenvalue weighted by atomic mass is 16.5. The van der Waals surface area contributed by atoms with Crippen molar-refractivity contribution in [2.45, 2.75) is 31.3 Å². The average molecular weight is 180 g/mol. The van der Waals surface area contributed by atoms with Gasteiger partial charge in [0.15, 0.2) is 0 Å². The monoisotopic (exact) mass is 180 g/mol. The van der Waals surface area contributed by atoms with Crippen molar-refractivity contribution in [1.29, 1.82) is 5.26 Å². The number of morpholine rings is 1. The van der Waals surface area contributed by atoms with Crippen LogP contribution in [0.1, 0.15) is 19.3 Å². The molecule has 0 aromatic carbocycles. The molecule has 2 aliphatic heterocycles. The summed E-state index contributed by atoms with van der Waals surface area (Å²) in [7, 11) is 2.18. The van der Waals surface area contributed by atoms with E-state index in [1.54, 1.807) is 0 Å². The van der Waals surface area contributed by atoms with Crippen molar-refractivity contribution in [3.63, 3.8) is 0 Å². The van der Waals surface area contributed by atoms with Gasteiger partial charge < -0.3 is 4.74 Å². The van der Waals surface area contributed by atoms with Crippen LogP contribution in [0.3, 0.4) is 0 Å². The zero-order valence-electron chi connectivity index (χ0n) is 8.07. The van der Waals surface area contributed by atoms with Crippen LogP contribution >= 0.6 is 0 Å². The largest absolute Gasteiger partial charge is 0.378 e. The van der Waals surface area contributed by atoms with Crippen molar-refractivity contribution in [2.75, 3.05) is 20.3 Å². The second-order valence-corrected chi connectivity index (χ2v) is 4.21. The fourth-order valence-corrected chi connectivity index (χ4v) is 2.50. The van der Waals surface area contributed by atoms with Gasteiger partial charge in [-0.1, -0.05) is 0 Å². The van der Waals surface area contributed by atoms with E-state index in [1.807, 2.05) is 0 Å². The molecule has 2 aliphatic rings. The number of ether oxygens (including phenoxy) is 1. The SMILES string of the molecule is CN1[C@@H]2COC[C@H]1C[C@@H](CC#N)C2. The molecule has 0 amide bonds. The number of likely N-dealkylation sites (N-methyl/N-ethyl adjacent to an activating group) is 1. The van der Waals surface area contributed by atoms with Crippen LogP contribution in [0, 0.1) is 17.2 Å². The maximum Gasteiger partial charge on any atom is 0.0624 e. The van der Waals surface area contributed by atoms with Gasteiger partial charge in [0.25, 0.3) is 0 Å². The number of piperidine rings is 1. The third-order valence-corrected chi connectivity index (χ3v) is 3.36. The molecular formula is C10H16N2O. The molecule has 0 aliphatic carbocycles. The maximum absolute atomic E-state index is 8.65. The molecule has 0 aromatic rings. The summed E-state index contributed by atoms with van der Waals surface area (Å²) in [6.45, 7) is 1.71. The first-order valence-corrected chi connectivity index (χ1v) is 4.98. The van der Waals surface area contributed by atoms with Crippen LogP contribution in [0.25, 0.3) is 0 Å². The smallest absolute Gasteiger partial charge is 0.0624 e. The number of hydrogen-bond donors (Lipinski definition) is 0. The zero-order chi connectivity index (χ0) is 9.26. The lowest BCUT2D eigenvalue weighted by Crippen LogP contribution is -2.54. The number of fused-ring (bicyclic) bond motifs is 2. The third-order valence-electron chi connectivity index (χ3n) is 3.36. The molecule has 72 valence electrons. The summed E-state index contributed by atoms with van der Waals surface area (Å²) in [6, 6.07) is 3.40. The van der Waals surface area contributed by atoms with Crippen molar-refractivity contribution in [1.82, 2.24) is 4.90 Å². The van der Waals surface area contributed by atoms with E-state index in [2.05, 4.69) is 18.0 Å². The van der Waals surface area contributed by atoms with Crippen LogP contribution in [-0.4, -0.2) is 37.2 Å². The Balaban J connectivity index is 2.00. The molecule has 3 heteroatoms. The molecule has 2 bridgehead atoms. The van der Waals surface area contributed by atoms with Gasteiger partial charge in [-0.05, 0) is 25.8 Å². The van der Waals surface area contributed by atoms with Crippen LogP contribution < -0.4 is 0 Å². The van der Waals surface area contributed by atoms with Crippen molar-refractivity contribution in [2.24, 2.45) is 5.92 Å². The van der Waals surface area contributed by atoms with Crippen molar-refractivity contribution in [3.05, 3.63) is 0 Å². The van der Waals surface area contributed by atoms with Crippen LogP contribution in [0.2, 0.25) is 0 Å². The summed E-state index contributed by atoms with van der Waals surface area (Å²) in [6.07, 6.45) is 3.00. The summed E-state index contributed by atoms with van der Waals surface area (Å²) < 4.78 is 5.51. The highest BCUT2D eigenvalue weighted by molar-refractivity contribution is 4.92. The van der Waals surface area contributed by atoms with E-state index in [-0.39, 0.29) is 0 Å². The normalized spacial score (nSPS) is 39.8. The molecule has 0 spiro atoms. The standard InChI is InChI=1S/C10H16N2O/c1-12-9-4-8(2-3-11)5-10(12)7-13-6-9/h8-10H,2,4-7H2,1H3/t8-,9-,10+. The van der Waals surface area contributed by atoms with E-state index in [0.717, 1.165) is 32.5 Å². The number of nitrogens with zero attached hydrogens (tertiary/aromatic N) is 2. The molecular weight excluding hydrogens is 164 g/mol. The lowest BCUT2D eigenvalue weighted by Gasteiger charge is -2.46. The second kappa shape index (κ2) is 3.65. The quantitative estimate of drug-likeness (QED) is 0.604. The Morgan fingerprint density at radius 1 is 1.38 bits per heavy atom. The highest BCUT2D eigenvalue weighted by Gasteiger charge is 2.36. The first kappa shape index (κ1) is 8.98. The molecule has 0 unspecified atom stereocenters. The number of nitriles is 1. The first-order chi connectivity index (χ1) is 6.31. The Morgan fingerprint density at radius 3 is 2.54 bits per heavy atom. The summed E-state index contributed by atoms with van der Waals surface area (Å²) in [5.74, 6) is 0.611. The molecule has 3 atom stereocenters. The lowest BCUT2D eigenvalue weighted by molar-refractivity contribution is -0.0740. The van der Waals surface area contributed by atoms with Gasteiger partial charge in [-0.15, -0.1) is 0 Å². The van der Waals surface area contributed by atoms with Crippen molar-refractivity contribution >= 4 is 0 Å². The van der Waals surface area contributed by atoms with Crippen LogP contribution in [0.5, 0.6) is 0 Å². The van der Waals surface area contributed by atoms with Crippen LogP contribution in [0.4, 0.5) is 0 Å². The summed E-state index contributed by atoms with van der Waals surface area (Å²) in [5.41, 5.74) is 0. The predicted molar refractivity (Wildman–Crippen MR) is 49.1 cm³/mol. The molecule has 2 rings (SSSR count). The van der Waals surface area contributed by atoms with Gasteiger partial charge in [-0.3, -0.25) is 4.90 Å². The van der Waals surface area contributed by atoms with Gasteiger partial charge >= 0.3 is 0 Å². The molecule has 0 aromatic heterocycles. The summed E-state index contributed by atoms with van der Waals surface area (Å²) in [4.78, 5) is 2.43. The topological polar surface area (TPSA) is 36.3 Å². The van der Waals surface area contributed by atoms with Crippen molar-refractivity contribution in [3.8, 4) is 6.07 Å². The van der Waals surface area contributed by atoms with Gasteiger partial charge in [0.1, 0.15) is 0 Å². The Bertz CT molecular complexity index is 209. The van der Waals surface area contributed by atoms with E-state index < -0.39 is 0 Å². The molecule has 13 heavy (non-hydrogen) atoms. The Kier molecular flexibility index (Phi) is 2.52. The van der Waals surface area contributed by atoms with E-state index in [1.165, 1.54) is 0 Å². The number of rotatable bonds is 1. The van der Waals surface area contributed by atoms with E-state index >= 15 is 0 Å². The third kappa shape index (κ3) is 1.70. The van der Waals surface area contributed by atoms with Gasteiger partial charge in [0.05, 0.1) is 19.3 Å². The van der Waals surface area contributed by atoms with Gasteiger partial charge in [0, 0.05) is 18.5 Å². The molecule has 0 N–H and O–H groups in total. The first-order valence-electron chi connectivity index (χ1n) is 4.98. The summed E-state index contributed by atoms with van der Waals surface area (Å²) in [5, 5.41) is 8.65. The number of hydrogen-bond acceptors (Lipinski definition) is 3. The van der Waals surface area contributed by atoms with E-state index in [0.29, 0.717) is 18.0 Å². The Hall–Kier alpha value is -0.590. The predicted octanol–water partition coefficient (Wildman–Crippen LogP) is 1.01. The average Bonchev–Trinajstić information content (AvgIpc) is 2.07. The Labute approximate surface area is 79.3 Å². The molecule has 0 radical (unpaired) electrons. The molecule has 0 saturated carbocycles. The van der Waals surface area contributed by atoms with Gasteiger partial charge in [0.2, 0.25) is 0 Å². The minimum absolute atomic E-state index is 0.561. The molecule has 2 saturated heterocycles. The zero-order valence-corrected chi connectivity index (χ0v) is 8.07. The fourth-order valence-electron chi connectivity index (χ4n) is 2.50. The molecule has 3 nitrogen and oxygen atoms in total. The summed E-state index contributed by atoms with van der Waals surface area (Å²) >= 11 is 0. The Morgan fingerprint density at radius 2 is 2.00 bits per heavy atom.